The van der Waals surface area contributed by atoms with Gasteiger partial charge in [-0.15, -0.1) is 0 Å². The molecule has 66 heavy (non-hydrogen) atoms. The van der Waals surface area contributed by atoms with Crippen LogP contribution in [0.5, 0.6) is 0 Å². The minimum atomic E-state index is -5.18. The number of aliphatic hydroxyl groups is 6. The number of esters is 2. The van der Waals surface area contributed by atoms with Crippen molar-refractivity contribution in [2.24, 2.45) is 0 Å². The van der Waals surface area contributed by atoms with E-state index >= 15 is 0 Å². The Morgan fingerprint density at radius 1 is 0.545 bits per heavy atom. The molecule has 15 heteroatoms. The second-order valence-corrected chi connectivity index (χ2v) is 17.1. The fourth-order valence-corrected chi connectivity index (χ4v) is 7.12. The lowest BCUT2D eigenvalue weighted by Crippen LogP contribution is -2.64. The van der Waals surface area contributed by atoms with Gasteiger partial charge >= 0.3 is 19.8 Å². The minimum absolute atomic E-state index is 0.0234. The van der Waals surface area contributed by atoms with Gasteiger partial charge in [-0.25, -0.2) is 4.57 Å². The Labute approximate surface area is 393 Å². The van der Waals surface area contributed by atoms with Crippen LogP contribution in [0.4, 0.5) is 0 Å². The van der Waals surface area contributed by atoms with Crippen LogP contribution in [0.15, 0.2) is 122 Å². The molecule has 372 valence electrons. The largest absolute Gasteiger partial charge is 0.472 e. The van der Waals surface area contributed by atoms with E-state index in [9.17, 15) is 49.7 Å². The van der Waals surface area contributed by atoms with Gasteiger partial charge in [-0.1, -0.05) is 148 Å². The van der Waals surface area contributed by atoms with Gasteiger partial charge in [0.15, 0.2) is 6.10 Å². The molecule has 1 fully saturated rings. The van der Waals surface area contributed by atoms with Gasteiger partial charge in [-0.3, -0.25) is 18.6 Å². The van der Waals surface area contributed by atoms with Crippen molar-refractivity contribution in [2.75, 3.05) is 13.2 Å². The van der Waals surface area contributed by atoms with Crippen LogP contribution < -0.4 is 0 Å². The van der Waals surface area contributed by atoms with Crippen molar-refractivity contribution >= 4 is 19.8 Å². The Morgan fingerprint density at radius 2 is 1.03 bits per heavy atom. The molecular formula is C51H79O14P. The standard InChI is InChI=1S/C51H79O14P/c1-3-5-7-9-11-13-15-17-18-19-20-22-24-26-28-30-34-39-45(54)64-43(41-63-66(60,61)65-51-49(58)47(56)46(55)48(57)50(51)59)40-62-44(53)38-35-31-33-37-42(52)36-32-29-27-25-23-21-16-14-12-10-8-6-4-2/h5-8,11-14,17-18,20-23,27,29,31-33,36,42-43,46-52,55-59H,3-4,9-10,15-16,19,24-26,28,30,34-35,37-41H2,1-2H3,(H,60,61)/b7-5-,8-6-,13-11-,14-12-,18-17-,22-20-,23-21-,29-27-,33-31-,36-32-/t42?,43-,46?,47-,48+,49-,50-,51?/m1/s1. The second kappa shape index (κ2) is 39.2. The second-order valence-electron chi connectivity index (χ2n) is 15.7. The van der Waals surface area contributed by atoms with E-state index < -0.39 is 81.8 Å². The third-order valence-corrected chi connectivity index (χ3v) is 10.9. The summed E-state index contributed by atoms with van der Waals surface area (Å²) in [4.78, 5) is 35.7. The molecule has 9 atom stereocenters. The number of allylic oxidation sites excluding steroid dienone is 18. The number of carbonyl (C=O) groups excluding carboxylic acids is 2. The third-order valence-electron chi connectivity index (χ3n) is 9.89. The average molecular weight is 947 g/mol. The zero-order valence-corrected chi connectivity index (χ0v) is 39.9. The highest BCUT2D eigenvalue weighted by Gasteiger charge is 2.51. The van der Waals surface area contributed by atoms with Gasteiger partial charge in [-0.05, 0) is 83.5 Å². The molecule has 0 aromatic rings. The maximum atomic E-state index is 12.8. The maximum absolute atomic E-state index is 12.8. The Morgan fingerprint density at radius 3 is 1.59 bits per heavy atom. The summed E-state index contributed by atoms with van der Waals surface area (Å²) in [5, 5.41) is 60.4. The molecule has 0 spiro atoms. The number of rotatable bonds is 36. The van der Waals surface area contributed by atoms with Crippen molar-refractivity contribution in [3.8, 4) is 0 Å². The van der Waals surface area contributed by atoms with Crippen LogP contribution in [0, 0.1) is 0 Å². The highest BCUT2D eigenvalue weighted by atomic mass is 31.2. The highest BCUT2D eigenvalue weighted by molar-refractivity contribution is 7.47. The Balaban J connectivity index is 2.58. The molecule has 14 nitrogen and oxygen atoms in total. The molecule has 1 aliphatic carbocycles. The van der Waals surface area contributed by atoms with Crippen LogP contribution >= 0.6 is 7.82 Å². The van der Waals surface area contributed by atoms with Crippen molar-refractivity contribution in [1.82, 2.24) is 0 Å². The number of carbonyl (C=O) groups is 2. The Kier molecular flexibility index (Phi) is 35.8. The first-order valence-corrected chi connectivity index (χ1v) is 24.9. The monoisotopic (exact) mass is 947 g/mol. The average Bonchev–Trinajstić information content (AvgIpc) is 3.29. The molecule has 0 aromatic heterocycles. The number of phosphoric acid groups is 1. The zero-order chi connectivity index (χ0) is 48.7. The number of phosphoric ester groups is 1. The summed E-state index contributed by atoms with van der Waals surface area (Å²) >= 11 is 0. The normalized spacial score (nSPS) is 22.9. The smallest absolute Gasteiger partial charge is 0.462 e. The first-order chi connectivity index (χ1) is 31.8. The number of aliphatic hydroxyl groups excluding tert-OH is 6. The number of ether oxygens (including phenoxy) is 2. The van der Waals surface area contributed by atoms with E-state index in [4.69, 9.17) is 18.5 Å². The van der Waals surface area contributed by atoms with E-state index in [1.165, 1.54) is 0 Å². The van der Waals surface area contributed by atoms with Gasteiger partial charge in [0, 0.05) is 12.8 Å². The SMILES string of the molecule is CC/C=C\C/C=C\C/C=C\C/C=C\C=C/C(O)C/C=C\CCC(=O)OC[C@H](COP(=O)(O)OC1[C@H](O)[C@H](O)C(O)[C@H](O)[C@H]1O)OC(=O)CCCCCC/C=C\C/C=C\C/C=C\C/C=C\CC. The van der Waals surface area contributed by atoms with E-state index in [0.717, 1.165) is 77.0 Å². The molecule has 0 aromatic carbocycles. The predicted octanol–water partition coefficient (Wildman–Crippen LogP) is 8.36. The van der Waals surface area contributed by atoms with Crippen molar-refractivity contribution in [3.63, 3.8) is 0 Å². The van der Waals surface area contributed by atoms with Crippen LogP contribution in [0.3, 0.4) is 0 Å². The van der Waals surface area contributed by atoms with Gasteiger partial charge < -0.3 is 45.0 Å². The van der Waals surface area contributed by atoms with E-state index in [1.54, 1.807) is 24.3 Å². The summed E-state index contributed by atoms with van der Waals surface area (Å²) in [6, 6.07) is 0. The summed E-state index contributed by atoms with van der Waals surface area (Å²) in [7, 11) is -5.18. The molecule has 0 amide bonds. The fourth-order valence-electron chi connectivity index (χ4n) is 6.15. The molecule has 0 aliphatic heterocycles. The van der Waals surface area contributed by atoms with Crippen LogP contribution in [-0.2, 0) is 32.7 Å². The predicted molar refractivity (Wildman–Crippen MR) is 259 cm³/mol. The third kappa shape index (κ3) is 31.2. The van der Waals surface area contributed by atoms with Gasteiger partial charge in [0.1, 0.15) is 43.2 Å². The molecule has 0 radical (unpaired) electrons. The number of unbranched alkanes of at least 4 members (excludes halogenated alkanes) is 4. The van der Waals surface area contributed by atoms with Crippen molar-refractivity contribution in [2.45, 2.75) is 172 Å². The van der Waals surface area contributed by atoms with Crippen LogP contribution in [0.25, 0.3) is 0 Å². The van der Waals surface area contributed by atoms with Crippen LogP contribution in [0.1, 0.15) is 123 Å². The van der Waals surface area contributed by atoms with Gasteiger partial charge in [0.2, 0.25) is 0 Å². The number of hydrogen-bond donors (Lipinski definition) is 7. The van der Waals surface area contributed by atoms with Gasteiger partial charge in [0.05, 0.1) is 12.7 Å². The van der Waals surface area contributed by atoms with Crippen molar-refractivity contribution in [1.29, 1.82) is 0 Å². The van der Waals surface area contributed by atoms with Crippen LogP contribution in [0.2, 0.25) is 0 Å². The lowest BCUT2D eigenvalue weighted by atomic mass is 9.85. The topological polar surface area (TPSA) is 230 Å². The van der Waals surface area contributed by atoms with Gasteiger partial charge in [0.25, 0.3) is 0 Å². The molecule has 0 heterocycles. The summed E-state index contributed by atoms with van der Waals surface area (Å²) in [6.45, 7) is 2.88. The quantitative estimate of drug-likeness (QED) is 0.0103. The van der Waals surface area contributed by atoms with Crippen molar-refractivity contribution in [3.05, 3.63) is 122 Å². The summed E-state index contributed by atoms with van der Waals surface area (Å²) in [5.74, 6) is -1.32. The van der Waals surface area contributed by atoms with E-state index in [-0.39, 0.29) is 19.3 Å². The van der Waals surface area contributed by atoms with E-state index in [1.807, 2.05) is 12.2 Å². The van der Waals surface area contributed by atoms with E-state index in [0.29, 0.717) is 12.8 Å². The molecule has 4 unspecified atom stereocenters. The summed E-state index contributed by atoms with van der Waals surface area (Å²) in [6.07, 6.45) is 38.4. The summed E-state index contributed by atoms with van der Waals surface area (Å²) < 4.78 is 33.4. The molecule has 1 saturated carbocycles. The molecule has 7 N–H and O–H groups in total. The van der Waals surface area contributed by atoms with Crippen molar-refractivity contribution < 1.29 is 68.2 Å². The molecule has 0 saturated heterocycles. The maximum Gasteiger partial charge on any atom is 0.472 e. The summed E-state index contributed by atoms with van der Waals surface area (Å²) in [5.41, 5.74) is 0. The number of hydrogen-bond acceptors (Lipinski definition) is 13. The fraction of sp³-hybridized carbons (Fsp3) is 0.569. The molecule has 1 rings (SSSR count). The molecular weight excluding hydrogens is 868 g/mol. The highest BCUT2D eigenvalue weighted by Crippen LogP contribution is 2.47. The molecule has 0 bridgehead atoms. The van der Waals surface area contributed by atoms with Gasteiger partial charge in [-0.2, -0.15) is 0 Å². The first kappa shape index (κ1) is 60.2. The van der Waals surface area contributed by atoms with E-state index in [2.05, 4.69) is 98.9 Å². The Hall–Kier alpha value is -3.79. The Bertz CT molecular complexity index is 1630. The lowest BCUT2D eigenvalue weighted by molar-refractivity contribution is -0.220. The van der Waals surface area contributed by atoms with Crippen LogP contribution in [-0.4, -0.2) is 110 Å². The zero-order valence-electron chi connectivity index (χ0n) is 39.0. The lowest BCUT2D eigenvalue weighted by Gasteiger charge is -2.41. The first-order valence-electron chi connectivity index (χ1n) is 23.4. The molecule has 1 aliphatic rings. The minimum Gasteiger partial charge on any atom is -0.462 e.